The highest BCUT2D eigenvalue weighted by molar-refractivity contribution is 7.80. The molecule has 0 unspecified atom stereocenters. The van der Waals surface area contributed by atoms with Crippen molar-refractivity contribution in [2.75, 3.05) is 12.4 Å². The van der Waals surface area contributed by atoms with Gasteiger partial charge in [0.1, 0.15) is 0 Å². The lowest BCUT2D eigenvalue weighted by molar-refractivity contribution is 0.255. The van der Waals surface area contributed by atoms with Crippen molar-refractivity contribution in [3.8, 4) is 5.75 Å². The molecule has 0 atom stereocenters. The van der Waals surface area contributed by atoms with Crippen molar-refractivity contribution in [1.82, 2.24) is 0 Å². The molecule has 0 bridgehead atoms. The molecule has 1 aromatic carbocycles. The maximum atomic E-state index is 13.2. The summed E-state index contributed by atoms with van der Waals surface area (Å²) in [5.74, 6) is -10.5. The van der Waals surface area contributed by atoms with Crippen LogP contribution < -0.4 is 4.74 Å². The van der Waals surface area contributed by atoms with Crippen LogP contribution in [-0.2, 0) is 0 Å². The Morgan fingerprint density at radius 3 is 1.68 bits per heavy atom. The summed E-state index contributed by atoms with van der Waals surface area (Å²) in [6.07, 6.45) is 2.96. The van der Waals surface area contributed by atoms with Crippen molar-refractivity contribution >= 4 is 12.6 Å². The highest BCUT2D eigenvalue weighted by Crippen LogP contribution is 2.29. The van der Waals surface area contributed by atoms with Crippen LogP contribution in [0.2, 0.25) is 0 Å². The third-order valence-corrected chi connectivity index (χ3v) is 2.78. The molecular weight excluding hydrogens is 287 g/mol. The first-order valence-corrected chi connectivity index (χ1v) is 6.39. The zero-order valence-corrected chi connectivity index (χ0v) is 10.9. The van der Waals surface area contributed by atoms with Gasteiger partial charge in [-0.15, -0.1) is 0 Å². The number of rotatable bonds is 7. The second kappa shape index (κ2) is 7.57. The van der Waals surface area contributed by atoms with Gasteiger partial charge >= 0.3 is 0 Å². The van der Waals surface area contributed by atoms with E-state index in [-0.39, 0.29) is 6.61 Å². The van der Waals surface area contributed by atoms with Gasteiger partial charge in [-0.2, -0.15) is 21.4 Å². The molecule has 1 aromatic rings. The Kier molecular flexibility index (Phi) is 6.41. The number of hydrogen-bond acceptors (Lipinski definition) is 2. The molecule has 19 heavy (non-hydrogen) atoms. The minimum atomic E-state index is -2.18. The molecular formula is C12H13F5OS. The molecule has 0 fully saturated rings. The molecule has 7 heteroatoms. The summed E-state index contributed by atoms with van der Waals surface area (Å²) in [6, 6.07) is 0. The molecule has 0 amide bonds. The van der Waals surface area contributed by atoms with Crippen LogP contribution in [0.1, 0.15) is 25.7 Å². The zero-order chi connectivity index (χ0) is 14.4. The van der Waals surface area contributed by atoms with Crippen LogP contribution in [0, 0.1) is 29.1 Å². The fourth-order valence-corrected chi connectivity index (χ4v) is 1.68. The molecule has 0 aliphatic rings. The summed E-state index contributed by atoms with van der Waals surface area (Å²) in [4.78, 5) is 0. The van der Waals surface area contributed by atoms with E-state index in [9.17, 15) is 22.0 Å². The zero-order valence-electron chi connectivity index (χ0n) is 9.99. The number of ether oxygens (including phenoxy) is 1. The molecule has 0 heterocycles. The minimum Gasteiger partial charge on any atom is -0.487 e. The normalized spacial score (nSPS) is 10.8. The van der Waals surface area contributed by atoms with Crippen LogP contribution in [0.3, 0.4) is 0 Å². The Morgan fingerprint density at radius 2 is 1.16 bits per heavy atom. The number of thiol groups is 1. The summed E-state index contributed by atoms with van der Waals surface area (Å²) in [5.41, 5.74) is 0. The van der Waals surface area contributed by atoms with Gasteiger partial charge in [-0.1, -0.05) is 12.8 Å². The van der Waals surface area contributed by atoms with E-state index in [1.54, 1.807) is 0 Å². The van der Waals surface area contributed by atoms with E-state index < -0.39 is 34.8 Å². The lowest BCUT2D eigenvalue weighted by Gasteiger charge is -2.10. The summed E-state index contributed by atoms with van der Waals surface area (Å²) in [7, 11) is 0. The topological polar surface area (TPSA) is 9.23 Å². The SMILES string of the molecule is Fc1c(F)c(F)c(OCCCCCCS)c(F)c1F. The monoisotopic (exact) mass is 300 g/mol. The summed E-state index contributed by atoms with van der Waals surface area (Å²) < 4.78 is 69.4. The Balaban J connectivity index is 2.64. The molecule has 108 valence electrons. The van der Waals surface area contributed by atoms with E-state index in [0.29, 0.717) is 6.42 Å². The van der Waals surface area contributed by atoms with Crippen molar-refractivity contribution in [3.63, 3.8) is 0 Å². The number of unbranched alkanes of at least 4 members (excludes halogenated alkanes) is 3. The minimum absolute atomic E-state index is 0.106. The second-order valence-electron chi connectivity index (χ2n) is 3.89. The number of halogens is 5. The largest absolute Gasteiger partial charge is 0.487 e. The van der Waals surface area contributed by atoms with Gasteiger partial charge in [0.25, 0.3) is 0 Å². The summed E-state index contributed by atoms with van der Waals surface area (Å²) >= 11 is 4.01. The first-order chi connectivity index (χ1) is 9.00. The van der Waals surface area contributed by atoms with Crippen LogP contribution in [0.4, 0.5) is 22.0 Å². The van der Waals surface area contributed by atoms with Gasteiger partial charge in [-0.25, -0.2) is 13.2 Å². The van der Waals surface area contributed by atoms with E-state index in [2.05, 4.69) is 17.4 Å². The fraction of sp³-hybridized carbons (Fsp3) is 0.500. The highest BCUT2D eigenvalue weighted by atomic mass is 32.1. The van der Waals surface area contributed by atoms with E-state index in [1.807, 2.05) is 0 Å². The van der Waals surface area contributed by atoms with Crippen molar-refractivity contribution < 1.29 is 26.7 Å². The molecule has 0 aliphatic heterocycles. The van der Waals surface area contributed by atoms with Crippen LogP contribution in [0.5, 0.6) is 5.75 Å². The van der Waals surface area contributed by atoms with Gasteiger partial charge < -0.3 is 4.74 Å². The molecule has 0 aromatic heterocycles. The molecule has 0 spiro atoms. The highest BCUT2D eigenvalue weighted by Gasteiger charge is 2.26. The third kappa shape index (κ3) is 3.99. The van der Waals surface area contributed by atoms with Crippen LogP contribution >= 0.6 is 12.6 Å². The number of benzene rings is 1. The maximum Gasteiger partial charge on any atom is 0.206 e. The van der Waals surface area contributed by atoms with Crippen molar-refractivity contribution in [2.24, 2.45) is 0 Å². The lowest BCUT2D eigenvalue weighted by Crippen LogP contribution is -2.08. The Bertz CT molecular complexity index is 410. The molecule has 0 radical (unpaired) electrons. The first-order valence-electron chi connectivity index (χ1n) is 5.75. The fourth-order valence-electron chi connectivity index (χ4n) is 1.45. The average molecular weight is 300 g/mol. The smallest absolute Gasteiger partial charge is 0.206 e. The van der Waals surface area contributed by atoms with Gasteiger partial charge in [0, 0.05) is 0 Å². The standard InChI is InChI=1S/C12H13F5OS/c13-7-8(14)10(16)12(11(17)9(7)15)18-5-3-1-2-4-6-19/h19H,1-6H2. The third-order valence-electron chi connectivity index (χ3n) is 2.47. The Labute approximate surface area is 113 Å². The van der Waals surface area contributed by atoms with Crippen LogP contribution in [-0.4, -0.2) is 12.4 Å². The van der Waals surface area contributed by atoms with Gasteiger partial charge in [-0.05, 0) is 18.6 Å². The Hall–Kier alpha value is -0.980. The first kappa shape index (κ1) is 16.1. The second-order valence-corrected chi connectivity index (χ2v) is 4.33. The molecule has 0 N–H and O–H groups in total. The van der Waals surface area contributed by atoms with Gasteiger partial charge in [0.2, 0.25) is 29.1 Å². The summed E-state index contributed by atoms with van der Waals surface area (Å²) in [6.45, 7) is -0.106. The number of hydrogen-bond donors (Lipinski definition) is 1. The predicted octanol–water partition coefficient (Wildman–Crippen LogP) is 4.25. The van der Waals surface area contributed by atoms with Crippen molar-refractivity contribution in [2.45, 2.75) is 25.7 Å². The maximum absolute atomic E-state index is 13.2. The van der Waals surface area contributed by atoms with Gasteiger partial charge in [0.05, 0.1) is 6.61 Å². The molecule has 1 rings (SSSR count). The molecule has 1 nitrogen and oxygen atoms in total. The van der Waals surface area contributed by atoms with Crippen molar-refractivity contribution in [3.05, 3.63) is 29.1 Å². The van der Waals surface area contributed by atoms with Gasteiger partial charge in [0.15, 0.2) is 5.75 Å². The van der Waals surface area contributed by atoms with E-state index in [4.69, 9.17) is 0 Å². The molecule has 0 saturated heterocycles. The van der Waals surface area contributed by atoms with Gasteiger partial charge in [-0.3, -0.25) is 0 Å². The van der Waals surface area contributed by atoms with E-state index in [0.717, 1.165) is 25.0 Å². The quantitative estimate of drug-likeness (QED) is 0.260. The van der Waals surface area contributed by atoms with E-state index >= 15 is 0 Å². The molecule has 0 aliphatic carbocycles. The summed E-state index contributed by atoms with van der Waals surface area (Å²) in [5, 5.41) is 0. The van der Waals surface area contributed by atoms with Crippen LogP contribution in [0.15, 0.2) is 0 Å². The molecule has 0 saturated carbocycles. The predicted molar refractivity (Wildman–Crippen MR) is 64.0 cm³/mol. The van der Waals surface area contributed by atoms with E-state index in [1.165, 1.54) is 0 Å². The lowest BCUT2D eigenvalue weighted by atomic mass is 10.2. The van der Waals surface area contributed by atoms with Crippen molar-refractivity contribution in [1.29, 1.82) is 0 Å². The Morgan fingerprint density at radius 1 is 0.684 bits per heavy atom. The van der Waals surface area contributed by atoms with Crippen LogP contribution in [0.25, 0.3) is 0 Å². The average Bonchev–Trinajstić information content (AvgIpc) is 2.41.